The third kappa shape index (κ3) is 5.29. The molecule has 6 nitrogen and oxygen atoms in total. The van der Waals surface area contributed by atoms with Gasteiger partial charge in [-0.1, -0.05) is 17.7 Å². The van der Waals surface area contributed by atoms with Crippen LogP contribution >= 0.6 is 11.6 Å². The van der Waals surface area contributed by atoms with E-state index in [1.807, 2.05) is 0 Å². The molecule has 0 atom stereocenters. The molecule has 0 bridgehead atoms. The molecule has 0 radical (unpaired) electrons. The van der Waals surface area contributed by atoms with E-state index in [-0.39, 0.29) is 16.5 Å². The number of carbonyl (C=O) groups is 3. The summed E-state index contributed by atoms with van der Waals surface area (Å²) in [7, 11) is 0. The van der Waals surface area contributed by atoms with Gasteiger partial charge in [-0.3, -0.25) is 9.59 Å². The summed E-state index contributed by atoms with van der Waals surface area (Å²) in [6, 6.07) is 9.54. The van der Waals surface area contributed by atoms with E-state index in [1.54, 1.807) is 25.1 Å². The minimum atomic E-state index is -0.846. The number of benzene rings is 2. The fourth-order valence-corrected chi connectivity index (χ4v) is 2.31. The summed E-state index contributed by atoms with van der Waals surface area (Å²) in [5.74, 6) is -2.29. The number of amides is 2. The van der Waals surface area contributed by atoms with Gasteiger partial charge in [-0.25, -0.2) is 9.18 Å². The second kappa shape index (κ2) is 8.96. The van der Waals surface area contributed by atoms with E-state index >= 15 is 0 Å². The minimum Gasteiger partial charge on any atom is -0.452 e. The SMILES string of the molecule is CCNC(=O)c1cccc(NC(=O)COC(=O)c2ccc(F)cc2Cl)c1. The van der Waals surface area contributed by atoms with E-state index in [0.29, 0.717) is 17.8 Å². The molecular weight excluding hydrogens is 363 g/mol. The highest BCUT2D eigenvalue weighted by molar-refractivity contribution is 6.33. The van der Waals surface area contributed by atoms with Gasteiger partial charge in [0.15, 0.2) is 6.61 Å². The van der Waals surface area contributed by atoms with E-state index in [9.17, 15) is 18.8 Å². The molecule has 0 aliphatic carbocycles. The molecule has 0 aromatic heterocycles. The van der Waals surface area contributed by atoms with Crippen LogP contribution in [-0.2, 0) is 9.53 Å². The first kappa shape index (κ1) is 19.4. The monoisotopic (exact) mass is 378 g/mol. The number of rotatable bonds is 6. The van der Waals surface area contributed by atoms with Crippen molar-refractivity contribution in [3.63, 3.8) is 0 Å². The average molecular weight is 379 g/mol. The largest absolute Gasteiger partial charge is 0.452 e. The van der Waals surface area contributed by atoms with Gasteiger partial charge in [0, 0.05) is 17.8 Å². The van der Waals surface area contributed by atoms with Gasteiger partial charge in [0.1, 0.15) is 5.82 Å². The molecule has 2 N–H and O–H groups in total. The lowest BCUT2D eigenvalue weighted by Crippen LogP contribution is -2.23. The zero-order valence-corrected chi connectivity index (χ0v) is 14.6. The van der Waals surface area contributed by atoms with Gasteiger partial charge in [0.05, 0.1) is 10.6 Å². The Hall–Kier alpha value is -2.93. The van der Waals surface area contributed by atoms with Gasteiger partial charge in [0.25, 0.3) is 11.8 Å². The molecule has 2 rings (SSSR count). The van der Waals surface area contributed by atoms with Crippen LogP contribution in [0.3, 0.4) is 0 Å². The van der Waals surface area contributed by atoms with Crippen LogP contribution in [0, 0.1) is 5.82 Å². The van der Waals surface area contributed by atoms with Crippen LogP contribution in [0.4, 0.5) is 10.1 Å². The summed E-state index contributed by atoms with van der Waals surface area (Å²) < 4.78 is 17.8. The minimum absolute atomic E-state index is 0.0425. The van der Waals surface area contributed by atoms with Gasteiger partial charge >= 0.3 is 5.97 Å². The molecule has 2 aromatic carbocycles. The van der Waals surface area contributed by atoms with Gasteiger partial charge in [-0.15, -0.1) is 0 Å². The van der Waals surface area contributed by atoms with E-state index in [4.69, 9.17) is 16.3 Å². The molecule has 26 heavy (non-hydrogen) atoms. The second-order valence-corrected chi connectivity index (χ2v) is 5.60. The lowest BCUT2D eigenvalue weighted by Gasteiger charge is -2.09. The molecule has 0 heterocycles. The average Bonchev–Trinajstić information content (AvgIpc) is 2.60. The maximum Gasteiger partial charge on any atom is 0.340 e. The molecule has 0 unspecified atom stereocenters. The maximum absolute atomic E-state index is 13.0. The molecule has 0 saturated heterocycles. The van der Waals surface area contributed by atoms with Crippen LogP contribution in [0.2, 0.25) is 5.02 Å². The van der Waals surface area contributed by atoms with Crippen molar-refractivity contribution in [2.75, 3.05) is 18.5 Å². The van der Waals surface area contributed by atoms with Crippen molar-refractivity contribution >= 4 is 35.1 Å². The standard InChI is InChI=1S/C18H16ClFN2O4/c1-2-21-17(24)11-4-3-5-13(8-11)22-16(23)10-26-18(25)14-7-6-12(20)9-15(14)19/h3-9H,2,10H2,1H3,(H,21,24)(H,22,23). The predicted molar refractivity (Wildman–Crippen MR) is 94.8 cm³/mol. The van der Waals surface area contributed by atoms with Gasteiger partial charge in [-0.05, 0) is 43.3 Å². The summed E-state index contributed by atoms with van der Waals surface area (Å²) in [4.78, 5) is 35.6. The first-order valence-electron chi connectivity index (χ1n) is 7.71. The molecule has 8 heteroatoms. The number of hydrogen-bond donors (Lipinski definition) is 2. The number of nitrogens with one attached hydrogen (secondary N) is 2. The Labute approximate surface area is 154 Å². The fourth-order valence-electron chi connectivity index (χ4n) is 2.06. The highest BCUT2D eigenvalue weighted by atomic mass is 35.5. The molecule has 136 valence electrons. The van der Waals surface area contributed by atoms with E-state index in [1.165, 1.54) is 12.1 Å². The highest BCUT2D eigenvalue weighted by Gasteiger charge is 2.15. The van der Waals surface area contributed by atoms with E-state index < -0.39 is 24.3 Å². The van der Waals surface area contributed by atoms with Crippen LogP contribution in [0.25, 0.3) is 0 Å². The van der Waals surface area contributed by atoms with Crippen molar-refractivity contribution in [1.29, 1.82) is 0 Å². The van der Waals surface area contributed by atoms with Crippen molar-refractivity contribution < 1.29 is 23.5 Å². The molecule has 0 fully saturated rings. The summed E-state index contributed by atoms with van der Waals surface area (Å²) in [5, 5.41) is 5.06. The molecule has 0 aliphatic rings. The van der Waals surface area contributed by atoms with Crippen LogP contribution < -0.4 is 10.6 Å². The third-order valence-electron chi connectivity index (χ3n) is 3.23. The zero-order valence-electron chi connectivity index (χ0n) is 13.8. The first-order valence-corrected chi connectivity index (χ1v) is 8.08. The summed E-state index contributed by atoms with van der Waals surface area (Å²) in [6.07, 6.45) is 0. The zero-order chi connectivity index (χ0) is 19.1. The predicted octanol–water partition coefficient (Wildman–Crippen LogP) is 3.02. The Balaban J connectivity index is 1.93. The van der Waals surface area contributed by atoms with Crippen molar-refractivity contribution in [2.45, 2.75) is 6.92 Å². The van der Waals surface area contributed by atoms with Gasteiger partial charge in [-0.2, -0.15) is 0 Å². The normalized spacial score (nSPS) is 10.1. The molecule has 2 aromatic rings. The fraction of sp³-hybridized carbons (Fsp3) is 0.167. The lowest BCUT2D eigenvalue weighted by molar-refractivity contribution is -0.119. The Morgan fingerprint density at radius 2 is 1.92 bits per heavy atom. The number of halogens is 2. The van der Waals surface area contributed by atoms with Crippen molar-refractivity contribution in [3.05, 3.63) is 64.4 Å². The van der Waals surface area contributed by atoms with Gasteiger partial charge < -0.3 is 15.4 Å². The quantitative estimate of drug-likeness (QED) is 0.757. The van der Waals surface area contributed by atoms with Crippen molar-refractivity contribution in [1.82, 2.24) is 5.32 Å². The molecular formula is C18H16ClFN2O4. The lowest BCUT2D eigenvalue weighted by atomic mass is 10.2. The third-order valence-corrected chi connectivity index (χ3v) is 3.54. The molecule has 0 aliphatic heterocycles. The Morgan fingerprint density at radius 3 is 2.62 bits per heavy atom. The van der Waals surface area contributed by atoms with Crippen LogP contribution in [0.5, 0.6) is 0 Å². The van der Waals surface area contributed by atoms with E-state index in [0.717, 1.165) is 12.1 Å². The number of carbonyl (C=O) groups excluding carboxylic acids is 3. The molecule has 2 amide bonds. The van der Waals surface area contributed by atoms with Crippen molar-refractivity contribution in [3.8, 4) is 0 Å². The highest BCUT2D eigenvalue weighted by Crippen LogP contribution is 2.18. The maximum atomic E-state index is 13.0. The summed E-state index contributed by atoms with van der Waals surface area (Å²) >= 11 is 5.76. The van der Waals surface area contributed by atoms with Crippen LogP contribution in [0.15, 0.2) is 42.5 Å². The smallest absolute Gasteiger partial charge is 0.340 e. The number of hydrogen-bond acceptors (Lipinski definition) is 4. The number of anilines is 1. The number of ether oxygens (including phenoxy) is 1. The summed E-state index contributed by atoms with van der Waals surface area (Å²) in [5.41, 5.74) is 0.730. The Kier molecular flexibility index (Phi) is 6.68. The second-order valence-electron chi connectivity index (χ2n) is 5.19. The van der Waals surface area contributed by atoms with Gasteiger partial charge in [0.2, 0.25) is 0 Å². The van der Waals surface area contributed by atoms with Crippen molar-refractivity contribution in [2.24, 2.45) is 0 Å². The molecule has 0 saturated carbocycles. The Bertz CT molecular complexity index is 842. The summed E-state index contributed by atoms with van der Waals surface area (Å²) in [6.45, 7) is 1.72. The Morgan fingerprint density at radius 1 is 1.15 bits per heavy atom. The van der Waals surface area contributed by atoms with E-state index in [2.05, 4.69) is 10.6 Å². The first-order chi connectivity index (χ1) is 12.4. The van der Waals surface area contributed by atoms with Crippen LogP contribution in [-0.4, -0.2) is 30.9 Å². The van der Waals surface area contributed by atoms with Crippen LogP contribution in [0.1, 0.15) is 27.6 Å². The number of esters is 1. The topological polar surface area (TPSA) is 84.5 Å². The molecule has 0 spiro atoms.